The Morgan fingerprint density at radius 3 is 2.50 bits per heavy atom. The van der Waals surface area contributed by atoms with E-state index in [2.05, 4.69) is 5.32 Å². The summed E-state index contributed by atoms with van der Waals surface area (Å²) in [4.78, 5) is 0. The average molecular weight is 120 g/mol. The van der Waals surface area contributed by atoms with E-state index in [1.165, 1.54) is 0 Å². The monoisotopic (exact) mass is 120 g/mol. The van der Waals surface area contributed by atoms with Crippen molar-refractivity contribution in [3.63, 3.8) is 0 Å². The lowest BCUT2D eigenvalue weighted by molar-refractivity contribution is 0.0235. The van der Waals surface area contributed by atoms with E-state index >= 15 is 0 Å². The third-order valence-corrected chi connectivity index (χ3v) is 1.12. The van der Waals surface area contributed by atoms with Crippen molar-refractivity contribution in [1.29, 1.82) is 0 Å². The highest BCUT2D eigenvalue weighted by molar-refractivity contribution is 4.90. The van der Waals surface area contributed by atoms with Crippen molar-refractivity contribution in [1.82, 2.24) is 5.32 Å². The lowest BCUT2D eigenvalue weighted by Crippen LogP contribution is -2.39. The SMILES string of the molecule is FC1(F)[CH]CCNC1. The van der Waals surface area contributed by atoms with Crippen molar-refractivity contribution in [3.8, 4) is 0 Å². The van der Waals surface area contributed by atoms with Crippen LogP contribution in [0.15, 0.2) is 0 Å². The topological polar surface area (TPSA) is 12.0 Å². The molecule has 0 aromatic heterocycles. The zero-order chi connectivity index (χ0) is 6.04. The Kier molecular flexibility index (Phi) is 1.47. The van der Waals surface area contributed by atoms with E-state index in [0.717, 1.165) is 6.42 Å². The van der Waals surface area contributed by atoms with E-state index in [1.807, 2.05) is 0 Å². The summed E-state index contributed by atoms with van der Waals surface area (Å²) >= 11 is 0. The summed E-state index contributed by atoms with van der Waals surface area (Å²) < 4.78 is 24.2. The highest BCUT2D eigenvalue weighted by atomic mass is 19.3. The van der Waals surface area contributed by atoms with Gasteiger partial charge < -0.3 is 5.32 Å². The number of alkyl halides is 2. The van der Waals surface area contributed by atoms with Crippen LogP contribution >= 0.6 is 0 Å². The van der Waals surface area contributed by atoms with E-state index in [4.69, 9.17) is 0 Å². The number of hydrogen-bond acceptors (Lipinski definition) is 1. The van der Waals surface area contributed by atoms with E-state index in [9.17, 15) is 8.78 Å². The van der Waals surface area contributed by atoms with Gasteiger partial charge >= 0.3 is 0 Å². The van der Waals surface area contributed by atoms with Crippen LogP contribution in [-0.2, 0) is 0 Å². The summed E-state index contributed by atoms with van der Waals surface area (Å²) in [5.41, 5.74) is 0. The molecule has 0 spiro atoms. The molecular weight excluding hydrogens is 112 g/mol. The minimum absolute atomic E-state index is 0.188. The molecule has 0 amide bonds. The van der Waals surface area contributed by atoms with Crippen molar-refractivity contribution < 1.29 is 8.78 Å². The van der Waals surface area contributed by atoms with Crippen LogP contribution in [0.5, 0.6) is 0 Å². The van der Waals surface area contributed by atoms with E-state index in [1.54, 1.807) is 0 Å². The molecule has 8 heavy (non-hydrogen) atoms. The first kappa shape index (κ1) is 5.95. The molecule has 0 bridgehead atoms. The molecule has 1 radical (unpaired) electrons. The summed E-state index contributed by atoms with van der Waals surface area (Å²) in [5.74, 6) is -2.56. The quantitative estimate of drug-likeness (QED) is 0.499. The van der Waals surface area contributed by atoms with Gasteiger partial charge in [0.1, 0.15) is 0 Å². The van der Waals surface area contributed by atoms with Gasteiger partial charge in [0.2, 0.25) is 0 Å². The molecule has 1 aliphatic rings. The fraction of sp³-hybridized carbons (Fsp3) is 0.800. The van der Waals surface area contributed by atoms with Gasteiger partial charge in [0.25, 0.3) is 5.92 Å². The second-order valence-corrected chi connectivity index (χ2v) is 1.93. The van der Waals surface area contributed by atoms with Crippen molar-refractivity contribution in [2.75, 3.05) is 13.1 Å². The first-order chi connectivity index (χ1) is 3.71. The predicted molar refractivity (Wildman–Crippen MR) is 26.7 cm³/mol. The van der Waals surface area contributed by atoms with Crippen molar-refractivity contribution in [2.24, 2.45) is 0 Å². The van der Waals surface area contributed by atoms with Crippen LogP contribution in [0.2, 0.25) is 0 Å². The van der Waals surface area contributed by atoms with Crippen molar-refractivity contribution in [2.45, 2.75) is 12.3 Å². The molecule has 0 atom stereocenters. The second kappa shape index (κ2) is 1.97. The third kappa shape index (κ3) is 1.40. The first-order valence-electron chi connectivity index (χ1n) is 2.64. The van der Waals surface area contributed by atoms with Gasteiger partial charge in [-0.25, -0.2) is 8.78 Å². The Labute approximate surface area is 47.1 Å². The van der Waals surface area contributed by atoms with E-state index < -0.39 is 5.92 Å². The smallest absolute Gasteiger partial charge is 0.263 e. The number of hydrogen-bond donors (Lipinski definition) is 1. The first-order valence-corrected chi connectivity index (χ1v) is 2.64. The van der Waals surface area contributed by atoms with Crippen LogP contribution in [0.1, 0.15) is 6.42 Å². The summed E-state index contributed by atoms with van der Waals surface area (Å²) in [5, 5.41) is 2.59. The van der Waals surface area contributed by atoms with Crippen LogP contribution in [0, 0.1) is 6.42 Å². The molecule has 1 heterocycles. The van der Waals surface area contributed by atoms with Gasteiger partial charge in [-0.3, -0.25) is 0 Å². The molecule has 1 rings (SSSR count). The molecule has 1 fully saturated rings. The molecule has 1 aliphatic heterocycles. The molecule has 0 aromatic rings. The standard InChI is InChI=1S/C5H8F2N/c6-5(7)2-1-3-8-4-5/h2,8H,1,3-4H2. The van der Waals surface area contributed by atoms with Crippen LogP contribution in [0.25, 0.3) is 0 Å². The van der Waals surface area contributed by atoms with Crippen LogP contribution in [0.3, 0.4) is 0 Å². The van der Waals surface area contributed by atoms with Gasteiger partial charge in [-0.2, -0.15) is 0 Å². The maximum absolute atomic E-state index is 12.1. The molecule has 0 saturated carbocycles. The van der Waals surface area contributed by atoms with Gasteiger partial charge in [-0.1, -0.05) is 0 Å². The van der Waals surface area contributed by atoms with Crippen LogP contribution in [0.4, 0.5) is 8.78 Å². The zero-order valence-corrected chi connectivity index (χ0v) is 4.45. The zero-order valence-electron chi connectivity index (χ0n) is 4.45. The highest BCUT2D eigenvalue weighted by Gasteiger charge is 2.30. The molecule has 0 aliphatic carbocycles. The summed E-state index contributed by atoms with van der Waals surface area (Å²) in [6.07, 6.45) is 1.54. The Hall–Kier alpha value is -0.180. The Morgan fingerprint density at radius 2 is 2.25 bits per heavy atom. The lowest BCUT2D eigenvalue weighted by atomic mass is 10.1. The molecule has 0 unspecified atom stereocenters. The van der Waals surface area contributed by atoms with Crippen LogP contribution < -0.4 is 5.32 Å². The van der Waals surface area contributed by atoms with Gasteiger partial charge in [-0.05, 0) is 13.0 Å². The van der Waals surface area contributed by atoms with Gasteiger partial charge in [-0.15, -0.1) is 0 Å². The molecular formula is C5H8F2N. The van der Waals surface area contributed by atoms with Crippen molar-refractivity contribution >= 4 is 0 Å². The minimum Gasteiger partial charge on any atom is -0.311 e. The predicted octanol–water partition coefficient (Wildman–Crippen LogP) is 0.819. The Morgan fingerprint density at radius 1 is 1.50 bits per heavy atom. The highest BCUT2D eigenvalue weighted by Crippen LogP contribution is 2.20. The molecule has 3 heteroatoms. The van der Waals surface area contributed by atoms with E-state index in [-0.39, 0.29) is 6.54 Å². The lowest BCUT2D eigenvalue weighted by Gasteiger charge is -2.21. The second-order valence-electron chi connectivity index (χ2n) is 1.93. The molecule has 0 aromatic carbocycles. The summed E-state index contributed by atoms with van der Waals surface area (Å²) in [7, 11) is 0. The maximum atomic E-state index is 12.1. The van der Waals surface area contributed by atoms with Crippen LogP contribution in [-0.4, -0.2) is 19.0 Å². The third-order valence-electron chi connectivity index (χ3n) is 1.12. The van der Waals surface area contributed by atoms with Gasteiger partial charge in [0.05, 0.1) is 6.54 Å². The minimum atomic E-state index is -2.56. The average Bonchev–Trinajstić information content (AvgIpc) is 1.65. The normalized spacial score (nSPS) is 27.8. The van der Waals surface area contributed by atoms with Gasteiger partial charge in [0, 0.05) is 6.42 Å². The Bertz CT molecular complexity index is 74.5. The van der Waals surface area contributed by atoms with Crippen molar-refractivity contribution in [3.05, 3.63) is 6.42 Å². The summed E-state index contributed by atoms with van der Waals surface area (Å²) in [6.45, 7) is 0.503. The molecule has 1 saturated heterocycles. The number of nitrogens with one attached hydrogen (secondary N) is 1. The fourth-order valence-electron chi connectivity index (χ4n) is 0.713. The van der Waals surface area contributed by atoms with Gasteiger partial charge in [0.15, 0.2) is 0 Å². The number of rotatable bonds is 0. The largest absolute Gasteiger partial charge is 0.311 e. The molecule has 1 nitrogen and oxygen atoms in total. The summed E-state index contributed by atoms with van der Waals surface area (Å²) in [6, 6.07) is 0. The van der Waals surface area contributed by atoms with E-state index in [0.29, 0.717) is 13.0 Å². The Balaban J connectivity index is 2.33. The molecule has 47 valence electrons. The fourth-order valence-corrected chi connectivity index (χ4v) is 0.713. The maximum Gasteiger partial charge on any atom is 0.263 e. The number of halogens is 2. The molecule has 1 N–H and O–H groups in total. The number of piperidine rings is 1.